The number of hydrogen-bond donors (Lipinski definition) is 3. The second-order valence-corrected chi connectivity index (χ2v) is 4.84. The van der Waals surface area contributed by atoms with Gasteiger partial charge in [0, 0.05) is 12.5 Å². The van der Waals surface area contributed by atoms with Crippen molar-refractivity contribution in [1.29, 1.82) is 0 Å². The lowest BCUT2D eigenvalue weighted by molar-refractivity contribution is -0.141. The van der Waals surface area contributed by atoms with Crippen LogP contribution in [0, 0.1) is 5.92 Å². The Labute approximate surface area is 111 Å². The smallest absolute Gasteiger partial charge is 0.306 e. The molecule has 0 bridgehead atoms. The molecule has 1 aromatic rings. The number of carboxylic acid groups (broad SMARTS) is 1. The van der Waals surface area contributed by atoms with E-state index >= 15 is 0 Å². The molecule has 1 amide bonds. The Bertz CT molecular complexity index is 442. The number of nitrogens with one attached hydrogen (secondary N) is 2. The van der Waals surface area contributed by atoms with Crippen LogP contribution in [-0.2, 0) is 4.79 Å². The predicted molar refractivity (Wildman–Crippen MR) is 68.8 cm³/mol. The summed E-state index contributed by atoms with van der Waals surface area (Å²) in [5.41, 5.74) is 0. The number of aromatic nitrogens is 3. The molecule has 0 saturated heterocycles. The third-order valence-electron chi connectivity index (χ3n) is 2.77. The molecule has 1 aromatic heterocycles. The van der Waals surface area contributed by atoms with Crippen molar-refractivity contribution in [2.75, 3.05) is 6.54 Å². The molecule has 0 aliphatic heterocycles. The minimum atomic E-state index is -0.818. The molecule has 1 heterocycles. The van der Waals surface area contributed by atoms with Gasteiger partial charge in [-0.3, -0.25) is 14.7 Å². The molecule has 0 aliphatic rings. The molecular weight excluding hydrogens is 248 g/mol. The Morgan fingerprint density at radius 3 is 2.58 bits per heavy atom. The highest BCUT2D eigenvalue weighted by molar-refractivity contribution is 5.90. The Morgan fingerprint density at radius 1 is 1.37 bits per heavy atom. The molecule has 0 radical (unpaired) electrons. The standard InChI is InChI=1S/C12H20N4O3/c1-7(2)9-14-10(16-15-9)11(17)13-6-4-5-8(3)12(18)19/h7-8H,4-6H2,1-3H3,(H,13,17)(H,18,19)(H,14,15,16). The number of carbonyl (C=O) groups excluding carboxylic acids is 1. The Balaban J connectivity index is 2.33. The van der Waals surface area contributed by atoms with E-state index in [9.17, 15) is 9.59 Å². The second kappa shape index (κ2) is 6.86. The van der Waals surface area contributed by atoms with Crippen LogP contribution in [0.2, 0.25) is 0 Å². The summed E-state index contributed by atoms with van der Waals surface area (Å²) in [5.74, 6) is -0.578. The monoisotopic (exact) mass is 268 g/mol. The van der Waals surface area contributed by atoms with Crippen LogP contribution in [0.1, 0.15) is 56.0 Å². The summed E-state index contributed by atoms with van der Waals surface area (Å²) in [6.45, 7) is 5.97. The van der Waals surface area contributed by atoms with E-state index in [1.54, 1.807) is 6.92 Å². The number of carbonyl (C=O) groups is 2. The largest absolute Gasteiger partial charge is 0.481 e. The van der Waals surface area contributed by atoms with E-state index in [0.717, 1.165) is 0 Å². The van der Waals surface area contributed by atoms with E-state index in [1.165, 1.54) is 0 Å². The maximum absolute atomic E-state index is 11.7. The number of aliphatic carboxylic acids is 1. The summed E-state index contributed by atoms with van der Waals surface area (Å²) in [6, 6.07) is 0. The summed E-state index contributed by atoms with van der Waals surface area (Å²) < 4.78 is 0. The topological polar surface area (TPSA) is 108 Å². The van der Waals surface area contributed by atoms with Gasteiger partial charge in [0.05, 0.1) is 5.92 Å². The normalized spacial score (nSPS) is 12.4. The molecule has 1 atom stereocenters. The zero-order valence-electron chi connectivity index (χ0n) is 11.4. The fourth-order valence-electron chi connectivity index (χ4n) is 1.45. The number of hydrogen-bond acceptors (Lipinski definition) is 4. The first kappa shape index (κ1) is 15.1. The quantitative estimate of drug-likeness (QED) is 0.643. The van der Waals surface area contributed by atoms with Gasteiger partial charge < -0.3 is 10.4 Å². The molecule has 19 heavy (non-hydrogen) atoms. The number of nitrogens with zero attached hydrogens (tertiary/aromatic N) is 2. The second-order valence-electron chi connectivity index (χ2n) is 4.84. The summed E-state index contributed by atoms with van der Waals surface area (Å²) in [4.78, 5) is 26.4. The van der Waals surface area contributed by atoms with Crippen molar-refractivity contribution < 1.29 is 14.7 Å². The van der Waals surface area contributed by atoms with Gasteiger partial charge in [0.15, 0.2) is 0 Å². The summed E-state index contributed by atoms with van der Waals surface area (Å²) in [7, 11) is 0. The highest BCUT2D eigenvalue weighted by Crippen LogP contribution is 2.07. The molecule has 7 nitrogen and oxygen atoms in total. The van der Waals surface area contributed by atoms with Crippen LogP contribution < -0.4 is 5.32 Å². The van der Waals surface area contributed by atoms with Crippen molar-refractivity contribution in [3.8, 4) is 0 Å². The van der Waals surface area contributed by atoms with E-state index in [2.05, 4.69) is 20.5 Å². The van der Waals surface area contributed by atoms with Gasteiger partial charge in [-0.25, -0.2) is 4.98 Å². The molecule has 3 N–H and O–H groups in total. The Kier molecular flexibility index (Phi) is 5.47. The minimum absolute atomic E-state index is 0.120. The molecule has 7 heteroatoms. The Morgan fingerprint density at radius 2 is 2.05 bits per heavy atom. The van der Waals surface area contributed by atoms with Gasteiger partial charge in [-0.1, -0.05) is 20.8 Å². The molecule has 106 valence electrons. The van der Waals surface area contributed by atoms with E-state index in [1.807, 2.05) is 13.8 Å². The van der Waals surface area contributed by atoms with Gasteiger partial charge in [0.2, 0.25) is 5.82 Å². The maximum Gasteiger partial charge on any atom is 0.306 e. The van der Waals surface area contributed by atoms with Crippen LogP contribution in [0.3, 0.4) is 0 Å². The van der Waals surface area contributed by atoms with Crippen molar-refractivity contribution >= 4 is 11.9 Å². The lowest BCUT2D eigenvalue weighted by atomic mass is 10.1. The van der Waals surface area contributed by atoms with Crippen molar-refractivity contribution in [1.82, 2.24) is 20.5 Å². The van der Waals surface area contributed by atoms with Crippen molar-refractivity contribution in [3.63, 3.8) is 0 Å². The highest BCUT2D eigenvalue weighted by Gasteiger charge is 2.14. The number of carboxylic acids is 1. The van der Waals surface area contributed by atoms with Crippen LogP contribution in [0.25, 0.3) is 0 Å². The van der Waals surface area contributed by atoms with Crippen LogP contribution in [-0.4, -0.2) is 38.7 Å². The maximum atomic E-state index is 11.7. The van der Waals surface area contributed by atoms with Crippen LogP contribution in [0.15, 0.2) is 0 Å². The van der Waals surface area contributed by atoms with Gasteiger partial charge >= 0.3 is 5.97 Å². The third-order valence-corrected chi connectivity index (χ3v) is 2.77. The first-order valence-electron chi connectivity index (χ1n) is 6.35. The highest BCUT2D eigenvalue weighted by atomic mass is 16.4. The lowest BCUT2D eigenvalue weighted by Crippen LogP contribution is -2.26. The average molecular weight is 268 g/mol. The fraction of sp³-hybridized carbons (Fsp3) is 0.667. The van der Waals surface area contributed by atoms with Gasteiger partial charge in [0.1, 0.15) is 5.82 Å². The SMILES string of the molecule is CC(CCCNC(=O)c1n[nH]c(C(C)C)n1)C(=O)O. The molecular formula is C12H20N4O3. The number of amides is 1. The van der Waals surface area contributed by atoms with Gasteiger partial charge in [-0.2, -0.15) is 0 Å². The predicted octanol–water partition coefficient (Wildman–Crippen LogP) is 1.16. The number of aromatic amines is 1. The van der Waals surface area contributed by atoms with Gasteiger partial charge in [-0.15, -0.1) is 5.10 Å². The number of rotatable bonds is 7. The summed E-state index contributed by atoms with van der Waals surface area (Å²) >= 11 is 0. The van der Waals surface area contributed by atoms with E-state index in [4.69, 9.17) is 5.11 Å². The molecule has 0 spiro atoms. The molecule has 0 aromatic carbocycles. The first-order chi connectivity index (χ1) is 8.91. The zero-order chi connectivity index (χ0) is 14.4. The van der Waals surface area contributed by atoms with E-state index in [0.29, 0.717) is 25.2 Å². The van der Waals surface area contributed by atoms with Crippen molar-refractivity contribution in [2.24, 2.45) is 5.92 Å². The molecule has 0 saturated carbocycles. The first-order valence-corrected chi connectivity index (χ1v) is 6.35. The van der Waals surface area contributed by atoms with Gasteiger partial charge in [-0.05, 0) is 12.8 Å². The lowest BCUT2D eigenvalue weighted by Gasteiger charge is -2.06. The summed E-state index contributed by atoms with van der Waals surface area (Å²) in [5, 5.41) is 17.9. The Hall–Kier alpha value is -1.92. The minimum Gasteiger partial charge on any atom is -0.481 e. The van der Waals surface area contributed by atoms with Crippen LogP contribution >= 0.6 is 0 Å². The van der Waals surface area contributed by atoms with Crippen molar-refractivity contribution in [2.45, 2.75) is 39.5 Å². The molecule has 0 aliphatic carbocycles. The molecule has 1 unspecified atom stereocenters. The summed E-state index contributed by atoms with van der Waals surface area (Å²) in [6.07, 6.45) is 1.14. The fourth-order valence-corrected chi connectivity index (χ4v) is 1.45. The van der Waals surface area contributed by atoms with E-state index in [-0.39, 0.29) is 17.6 Å². The van der Waals surface area contributed by atoms with Crippen LogP contribution in [0.5, 0.6) is 0 Å². The van der Waals surface area contributed by atoms with Gasteiger partial charge in [0.25, 0.3) is 5.91 Å². The van der Waals surface area contributed by atoms with Crippen molar-refractivity contribution in [3.05, 3.63) is 11.6 Å². The molecule has 0 fully saturated rings. The third kappa shape index (κ3) is 4.69. The van der Waals surface area contributed by atoms with E-state index < -0.39 is 11.9 Å². The van der Waals surface area contributed by atoms with Crippen LogP contribution in [0.4, 0.5) is 0 Å². The number of H-pyrrole nitrogens is 1. The zero-order valence-corrected chi connectivity index (χ0v) is 11.4. The molecule has 1 rings (SSSR count). The average Bonchev–Trinajstić information content (AvgIpc) is 2.83.